The van der Waals surface area contributed by atoms with Gasteiger partial charge in [0, 0.05) is 70.4 Å². The average Bonchev–Trinajstić information content (AvgIpc) is 3.06. The highest BCUT2D eigenvalue weighted by atomic mass is 127. The summed E-state index contributed by atoms with van der Waals surface area (Å²) in [6.07, 6.45) is 6.78. The minimum absolute atomic E-state index is 0. The molecule has 1 aromatic carbocycles. The third-order valence-electron chi connectivity index (χ3n) is 6.34. The number of rotatable bonds is 7. The van der Waals surface area contributed by atoms with Crippen molar-refractivity contribution in [1.82, 2.24) is 25.0 Å². The van der Waals surface area contributed by atoms with E-state index in [4.69, 9.17) is 9.73 Å². The molecular formula is C24H38IN7O. The van der Waals surface area contributed by atoms with Gasteiger partial charge in [-0.05, 0) is 38.3 Å². The Hall–Kier alpha value is -2.04. The molecule has 4 rings (SSSR count). The molecule has 0 spiro atoms. The maximum absolute atomic E-state index is 5.38. The van der Waals surface area contributed by atoms with Crippen molar-refractivity contribution in [2.45, 2.75) is 52.0 Å². The number of piperazine rings is 1. The molecule has 0 amide bonds. The molecule has 0 unspecified atom stereocenters. The number of fused-ring (bicyclic) bond motifs is 1. The zero-order chi connectivity index (χ0) is 22.2. The van der Waals surface area contributed by atoms with Gasteiger partial charge in [0.2, 0.25) is 0 Å². The van der Waals surface area contributed by atoms with E-state index in [1.54, 1.807) is 7.11 Å². The van der Waals surface area contributed by atoms with E-state index in [0.29, 0.717) is 0 Å². The average molecular weight is 568 g/mol. The Kier molecular flexibility index (Phi) is 10.1. The van der Waals surface area contributed by atoms with Crippen molar-refractivity contribution in [2.24, 2.45) is 4.99 Å². The van der Waals surface area contributed by atoms with Gasteiger partial charge in [0.25, 0.3) is 0 Å². The first kappa shape index (κ1) is 25.6. The summed E-state index contributed by atoms with van der Waals surface area (Å²) in [6.45, 7) is 8.76. The third kappa shape index (κ3) is 6.74. The van der Waals surface area contributed by atoms with Crippen molar-refractivity contribution < 1.29 is 4.74 Å². The third-order valence-corrected chi connectivity index (χ3v) is 6.34. The molecule has 2 aromatic rings. The lowest BCUT2D eigenvalue weighted by Crippen LogP contribution is -2.52. The van der Waals surface area contributed by atoms with E-state index in [-0.39, 0.29) is 24.0 Å². The Morgan fingerprint density at radius 2 is 1.94 bits per heavy atom. The van der Waals surface area contributed by atoms with Gasteiger partial charge in [0.15, 0.2) is 5.96 Å². The predicted molar refractivity (Wildman–Crippen MR) is 144 cm³/mol. The van der Waals surface area contributed by atoms with Crippen LogP contribution in [-0.2, 0) is 19.4 Å². The summed E-state index contributed by atoms with van der Waals surface area (Å²) in [5, 5.41) is 12.4. The van der Waals surface area contributed by atoms with Gasteiger partial charge in [-0.15, -0.1) is 34.2 Å². The van der Waals surface area contributed by atoms with E-state index in [9.17, 15) is 0 Å². The monoisotopic (exact) mass is 567 g/mol. The molecule has 0 atom stereocenters. The van der Waals surface area contributed by atoms with Crippen LogP contribution >= 0.6 is 24.0 Å². The lowest BCUT2D eigenvalue weighted by molar-refractivity contribution is 0.372. The molecule has 2 aliphatic heterocycles. The van der Waals surface area contributed by atoms with E-state index in [2.05, 4.69) is 55.0 Å². The van der Waals surface area contributed by atoms with Crippen molar-refractivity contribution in [3.63, 3.8) is 0 Å². The molecule has 1 aromatic heterocycles. The molecule has 33 heavy (non-hydrogen) atoms. The van der Waals surface area contributed by atoms with Crippen LogP contribution in [0.3, 0.4) is 0 Å². The molecule has 182 valence electrons. The van der Waals surface area contributed by atoms with Crippen molar-refractivity contribution in [2.75, 3.05) is 51.3 Å². The first-order valence-electron chi connectivity index (χ1n) is 12.1. The molecule has 0 radical (unpaired) electrons. The summed E-state index contributed by atoms with van der Waals surface area (Å²) in [6, 6.07) is 8.32. The quantitative estimate of drug-likeness (QED) is 0.240. The number of benzene rings is 1. The van der Waals surface area contributed by atoms with Gasteiger partial charge in [-0.1, -0.05) is 12.5 Å². The number of hydrogen-bond acceptors (Lipinski definition) is 5. The van der Waals surface area contributed by atoms with Gasteiger partial charge < -0.3 is 24.4 Å². The number of anilines is 1. The molecule has 1 saturated heterocycles. The lowest BCUT2D eigenvalue weighted by Gasteiger charge is -2.37. The van der Waals surface area contributed by atoms with Crippen LogP contribution in [0.5, 0.6) is 5.75 Å². The minimum atomic E-state index is 0. The summed E-state index contributed by atoms with van der Waals surface area (Å²) in [7, 11) is 1.72. The van der Waals surface area contributed by atoms with Crippen LogP contribution in [0.4, 0.5) is 5.69 Å². The molecular weight excluding hydrogens is 529 g/mol. The van der Waals surface area contributed by atoms with E-state index in [0.717, 1.165) is 82.6 Å². The van der Waals surface area contributed by atoms with Gasteiger partial charge in [0.05, 0.1) is 7.11 Å². The van der Waals surface area contributed by atoms with Crippen LogP contribution in [0.2, 0.25) is 0 Å². The maximum Gasteiger partial charge on any atom is 0.194 e. The van der Waals surface area contributed by atoms with Crippen molar-refractivity contribution >= 4 is 35.6 Å². The summed E-state index contributed by atoms with van der Waals surface area (Å²) in [4.78, 5) is 9.72. The minimum Gasteiger partial charge on any atom is -0.497 e. The highest BCUT2D eigenvalue weighted by Gasteiger charge is 2.20. The molecule has 1 N–H and O–H groups in total. The van der Waals surface area contributed by atoms with E-state index in [1.807, 2.05) is 6.07 Å². The van der Waals surface area contributed by atoms with Crippen LogP contribution in [0, 0.1) is 0 Å². The van der Waals surface area contributed by atoms with E-state index in [1.165, 1.54) is 30.8 Å². The number of methoxy groups -OCH3 is 1. The summed E-state index contributed by atoms with van der Waals surface area (Å²) in [5.41, 5.74) is 1.22. The molecule has 2 aliphatic rings. The molecule has 3 heterocycles. The first-order valence-corrected chi connectivity index (χ1v) is 12.1. The Labute approximate surface area is 214 Å². The molecule has 8 nitrogen and oxygen atoms in total. The number of ether oxygens (including phenoxy) is 1. The zero-order valence-corrected chi connectivity index (χ0v) is 22.3. The van der Waals surface area contributed by atoms with Crippen molar-refractivity contribution in [1.29, 1.82) is 0 Å². The fourth-order valence-electron chi connectivity index (χ4n) is 4.56. The van der Waals surface area contributed by atoms with Crippen LogP contribution in [-0.4, -0.2) is 72.0 Å². The number of aliphatic imine (C=N–C) groups is 1. The number of guanidine groups is 1. The smallest absolute Gasteiger partial charge is 0.194 e. The number of hydrogen-bond donors (Lipinski definition) is 1. The molecule has 0 bridgehead atoms. The van der Waals surface area contributed by atoms with Crippen LogP contribution in [0.15, 0.2) is 29.3 Å². The highest BCUT2D eigenvalue weighted by Crippen LogP contribution is 2.22. The fourth-order valence-corrected chi connectivity index (χ4v) is 4.56. The van der Waals surface area contributed by atoms with Gasteiger partial charge in [-0.2, -0.15) is 0 Å². The normalized spacial score (nSPS) is 16.6. The molecule has 0 aliphatic carbocycles. The second-order valence-corrected chi connectivity index (χ2v) is 8.51. The topological polar surface area (TPSA) is 70.8 Å². The van der Waals surface area contributed by atoms with Crippen molar-refractivity contribution in [3.8, 4) is 5.75 Å². The number of nitrogens with zero attached hydrogens (tertiary/aromatic N) is 6. The van der Waals surface area contributed by atoms with Crippen LogP contribution in [0.25, 0.3) is 0 Å². The maximum atomic E-state index is 5.38. The predicted octanol–water partition coefficient (Wildman–Crippen LogP) is 3.35. The Balaban J connectivity index is 0.00000306. The molecule has 9 heteroatoms. The van der Waals surface area contributed by atoms with E-state index < -0.39 is 0 Å². The standard InChI is InChI=1S/C24H37N7O.HI/c1-3-25-24(26-13-8-12-23-28-27-22-11-5-4-6-14-31(22)23)30-17-15-29(16-18-30)20-9-7-10-21(19-20)32-2;/h7,9-10,19H,3-6,8,11-18H2,1-2H3,(H,25,26);1H. The van der Waals surface area contributed by atoms with E-state index >= 15 is 0 Å². The van der Waals surface area contributed by atoms with Gasteiger partial charge in [-0.3, -0.25) is 4.99 Å². The summed E-state index contributed by atoms with van der Waals surface area (Å²) in [5.74, 6) is 4.24. The molecule has 1 fully saturated rings. The highest BCUT2D eigenvalue weighted by molar-refractivity contribution is 14.0. The van der Waals surface area contributed by atoms with Crippen LogP contribution in [0.1, 0.15) is 44.3 Å². The second-order valence-electron chi connectivity index (χ2n) is 8.51. The van der Waals surface area contributed by atoms with Gasteiger partial charge >= 0.3 is 0 Å². The second kappa shape index (κ2) is 13.0. The Morgan fingerprint density at radius 3 is 2.73 bits per heavy atom. The number of nitrogens with one attached hydrogen (secondary N) is 1. The number of aromatic nitrogens is 3. The first-order chi connectivity index (χ1) is 15.8. The van der Waals surface area contributed by atoms with Crippen molar-refractivity contribution in [3.05, 3.63) is 35.9 Å². The van der Waals surface area contributed by atoms with Gasteiger partial charge in [-0.25, -0.2) is 0 Å². The zero-order valence-electron chi connectivity index (χ0n) is 20.0. The summed E-state index contributed by atoms with van der Waals surface area (Å²) < 4.78 is 7.73. The summed E-state index contributed by atoms with van der Waals surface area (Å²) >= 11 is 0. The lowest BCUT2D eigenvalue weighted by atomic mass is 10.2. The largest absolute Gasteiger partial charge is 0.497 e. The fraction of sp³-hybridized carbons (Fsp3) is 0.625. The van der Waals surface area contributed by atoms with Gasteiger partial charge in [0.1, 0.15) is 17.4 Å². The Bertz CT molecular complexity index is 893. The Morgan fingerprint density at radius 1 is 1.09 bits per heavy atom. The van der Waals surface area contributed by atoms with Crippen LogP contribution < -0.4 is 15.0 Å². The number of halogens is 1. The SMILES string of the molecule is CCNC(=NCCCc1nnc2n1CCCCC2)N1CCN(c2cccc(OC)c2)CC1.I. The molecule has 0 saturated carbocycles. The number of aryl methyl sites for hydroxylation is 2.